The molecule has 2 aromatic rings. The molecule has 2 fully saturated rings. The first kappa shape index (κ1) is 24.1. The molecular weight excluding hydrogens is 456 g/mol. The normalized spacial score (nSPS) is 22.7. The topological polar surface area (TPSA) is 76.2 Å². The number of benzene rings is 2. The quantitative estimate of drug-likeness (QED) is 0.560. The molecule has 7 nitrogen and oxygen atoms in total. The van der Waals surface area contributed by atoms with E-state index in [-0.39, 0.29) is 36.5 Å². The summed E-state index contributed by atoms with van der Waals surface area (Å²) in [5.74, 6) is 0.863. The Morgan fingerprint density at radius 2 is 1.82 bits per heavy atom. The average Bonchev–Trinajstić information content (AvgIpc) is 3.07. The lowest BCUT2D eigenvalue weighted by Crippen LogP contribution is -2.46. The van der Waals surface area contributed by atoms with E-state index in [1.165, 1.54) is 7.05 Å². The van der Waals surface area contributed by atoms with Crippen molar-refractivity contribution in [1.29, 1.82) is 0 Å². The van der Waals surface area contributed by atoms with E-state index >= 15 is 0 Å². The molecule has 2 atom stereocenters. The van der Waals surface area contributed by atoms with E-state index < -0.39 is 5.41 Å². The number of likely N-dealkylation sites (N-methyl/N-ethyl adjacent to an activating group) is 1. The van der Waals surface area contributed by atoms with E-state index in [1.807, 2.05) is 24.3 Å². The van der Waals surface area contributed by atoms with Crippen LogP contribution >= 0.6 is 11.6 Å². The highest BCUT2D eigenvalue weighted by atomic mass is 35.5. The predicted octanol–water partition coefficient (Wildman–Crippen LogP) is 3.68. The van der Waals surface area contributed by atoms with Crippen LogP contribution < -0.4 is 9.47 Å². The Morgan fingerprint density at radius 1 is 1.12 bits per heavy atom. The number of piperidine rings is 1. The van der Waals surface area contributed by atoms with Crippen LogP contribution in [-0.4, -0.2) is 61.4 Å². The second-order valence-electron chi connectivity index (χ2n) is 9.01. The molecule has 0 radical (unpaired) electrons. The van der Waals surface area contributed by atoms with Crippen molar-refractivity contribution in [2.24, 2.45) is 5.92 Å². The van der Waals surface area contributed by atoms with Gasteiger partial charge in [0.1, 0.15) is 11.5 Å². The zero-order valence-corrected chi connectivity index (χ0v) is 20.2. The number of nitrogens with zero attached hydrogens (tertiary/aromatic N) is 2. The number of methoxy groups -OCH3 is 1. The van der Waals surface area contributed by atoms with Gasteiger partial charge in [0.15, 0.2) is 0 Å². The van der Waals surface area contributed by atoms with Gasteiger partial charge in [-0.2, -0.15) is 0 Å². The number of amides is 3. The van der Waals surface area contributed by atoms with E-state index in [9.17, 15) is 14.4 Å². The van der Waals surface area contributed by atoms with Crippen LogP contribution in [0.2, 0.25) is 5.02 Å². The monoisotopic (exact) mass is 484 g/mol. The molecule has 0 unspecified atom stereocenters. The highest BCUT2D eigenvalue weighted by Gasteiger charge is 2.53. The lowest BCUT2D eigenvalue weighted by molar-refractivity contribution is -0.142. The van der Waals surface area contributed by atoms with Crippen LogP contribution in [0, 0.1) is 5.92 Å². The Kier molecular flexibility index (Phi) is 7.12. The molecule has 0 aromatic heterocycles. The van der Waals surface area contributed by atoms with Gasteiger partial charge in [-0.05, 0) is 48.7 Å². The minimum Gasteiger partial charge on any atom is -0.497 e. The zero-order chi connectivity index (χ0) is 24.3. The zero-order valence-electron chi connectivity index (χ0n) is 19.5. The van der Waals surface area contributed by atoms with Crippen molar-refractivity contribution in [2.75, 3.05) is 33.9 Å². The van der Waals surface area contributed by atoms with Gasteiger partial charge in [-0.3, -0.25) is 19.3 Å². The lowest BCUT2D eigenvalue weighted by Gasteiger charge is -2.35. The molecule has 2 aromatic carbocycles. The predicted molar refractivity (Wildman–Crippen MR) is 128 cm³/mol. The van der Waals surface area contributed by atoms with Gasteiger partial charge in [0.25, 0.3) is 0 Å². The Bertz CT molecular complexity index is 1070. The maximum Gasteiger partial charge on any atom is 0.240 e. The smallest absolute Gasteiger partial charge is 0.240 e. The van der Waals surface area contributed by atoms with Crippen LogP contribution in [0.3, 0.4) is 0 Å². The summed E-state index contributed by atoms with van der Waals surface area (Å²) < 4.78 is 11.1. The van der Waals surface area contributed by atoms with Crippen molar-refractivity contribution in [1.82, 2.24) is 9.80 Å². The third-order valence-corrected chi connectivity index (χ3v) is 7.13. The first-order valence-corrected chi connectivity index (χ1v) is 11.8. The maximum absolute atomic E-state index is 13.4. The van der Waals surface area contributed by atoms with E-state index in [4.69, 9.17) is 21.1 Å². The minimum atomic E-state index is -1.27. The molecule has 0 saturated carbocycles. The molecule has 0 spiro atoms. The molecular formula is C26H29ClN2O5. The van der Waals surface area contributed by atoms with E-state index in [2.05, 4.69) is 0 Å². The summed E-state index contributed by atoms with van der Waals surface area (Å²) in [5.41, 5.74) is -0.738. The lowest BCUT2D eigenvalue weighted by atomic mass is 9.75. The molecule has 180 valence electrons. The van der Waals surface area contributed by atoms with Crippen molar-refractivity contribution in [3.8, 4) is 11.5 Å². The third-order valence-electron chi connectivity index (χ3n) is 6.80. The van der Waals surface area contributed by atoms with Gasteiger partial charge in [0, 0.05) is 43.9 Å². The maximum atomic E-state index is 13.4. The highest BCUT2D eigenvalue weighted by Crippen LogP contribution is 2.43. The minimum absolute atomic E-state index is 0.0599. The molecule has 2 saturated heterocycles. The van der Waals surface area contributed by atoms with E-state index in [0.717, 1.165) is 29.2 Å². The highest BCUT2D eigenvalue weighted by molar-refractivity contribution is 6.32. The summed E-state index contributed by atoms with van der Waals surface area (Å²) in [5, 5.41) is 0.385. The summed E-state index contributed by atoms with van der Waals surface area (Å²) in [6, 6.07) is 14.4. The standard InChI is InChI=1S/C26H29ClN2O5/c1-28-23(30)14-26(25(28)32,21-7-3-4-8-22(21)27)15-24(31)29-13-5-6-18(16-29)17-34-20-11-9-19(33-2)10-12-20/h3-4,7-12,18H,5-6,13-17H2,1-2H3/t18-,26+/m1/s1. The molecule has 0 bridgehead atoms. The number of ether oxygens (including phenoxy) is 2. The Hall–Kier alpha value is -3.06. The van der Waals surface area contributed by atoms with E-state index in [0.29, 0.717) is 30.3 Å². The molecule has 4 rings (SSSR count). The van der Waals surface area contributed by atoms with Gasteiger partial charge in [0.05, 0.1) is 19.1 Å². The summed E-state index contributed by atoms with van der Waals surface area (Å²) in [7, 11) is 3.08. The second-order valence-corrected chi connectivity index (χ2v) is 9.42. The van der Waals surface area contributed by atoms with Crippen LogP contribution in [0.1, 0.15) is 31.2 Å². The van der Waals surface area contributed by atoms with Crippen molar-refractivity contribution in [2.45, 2.75) is 31.1 Å². The van der Waals surface area contributed by atoms with Gasteiger partial charge < -0.3 is 14.4 Å². The van der Waals surface area contributed by atoms with Gasteiger partial charge in [-0.1, -0.05) is 29.8 Å². The average molecular weight is 485 g/mol. The van der Waals surface area contributed by atoms with Gasteiger partial charge >= 0.3 is 0 Å². The van der Waals surface area contributed by atoms with Crippen molar-refractivity contribution in [3.63, 3.8) is 0 Å². The van der Waals surface area contributed by atoms with Crippen molar-refractivity contribution < 1.29 is 23.9 Å². The molecule has 0 N–H and O–H groups in total. The second kappa shape index (κ2) is 10.1. The summed E-state index contributed by atoms with van der Waals surface area (Å²) >= 11 is 6.43. The number of rotatable bonds is 7. The molecule has 2 heterocycles. The Balaban J connectivity index is 1.46. The summed E-state index contributed by atoms with van der Waals surface area (Å²) in [6.07, 6.45) is 1.66. The summed E-state index contributed by atoms with van der Waals surface area (Å²) in [4.78, 5) is 42.0. The molecule has 0 aliphatic carbocycles. The van der Waals surface area contributed by atoms with E-state index in [1.54, 1.807) is 36.3 Å². The van der Waals surface area contributed by atoms with Crippen LogP contribution in [0.4, 0.5) is 0 Å². The number of imide groups is 1. The summed E-state index contributed by atoms with van der Waals surface area (Å²) in [6.45, 7) is 1.66. The molecule has 2 aliphatic heterocycles. The van der Waals surface area contributed by atoms with Crippen LogP contribution in [0.5, 0.6) is 11.5 Å². The first-order valence-electron chi connectivity index (χ1n) is 11.4. The SMILES string of the molecule is COc1ccc(OC[C@@H]2CCCN(C(=O)C[C@]3(c4ccccc4Cl)CC(=O)N(C)C3=O)C2)cc1. The number of carbonyl (C=O) groups is 3. The third kappa shape index (κ3) is 4.75. The molecule has 3 amide bonds. The fourth-order valence-electron chi connectivity index (χ4n) is 4.86. The number of hydrogen-bond acceptors (Lipinski definition) is 5. The number of carbonyl (C=O) groups excluding carboxylic acids is 3. The Labute approximate surface area is 204 Å². The number of hydrogen-bond donors (Lipinski definition) is 0. The van der Waals surface area contributed by atoms with Crippen molar-refractivity contribution in [3.05, 3.63) is 59.1 Å². The van der Waals surface area contributed by atoms with Crippen LogP contribution in [0.15, 0.2) is 48.5 Å². The Morgan fingerprint density at radius 3 is 2.47 bits per heavy atom. The van der Waals surface area contributed by atoms with Crippen LogP contribution in [-0.2, 0) is 19.8 Å². The first-order chi connectivity index (χ1) is 16.3. The van der Waals surface area contributed by atoms with Gasteiger partial charge in [0.2, 0.25) is 17.7 Å². The molecule has 2 aliphatic rings. The number of halogens is 1. The fraction of sp³-hybridized carbons (Fsp3) is 0.423. The fourth-order valence-corrected chi connectivity index (χ4v) is 5.18. The number of likely N-dealkylation sites (tertiary alicyclic amines) is 2. The van der Waals surface area contributed by atoms with Crippen molar-refractivity contribution >= 4 is 29.3 Å². The molecule has 8 heteroatoms. The largest absolute Gasteiger partial charge is 0.497 e. The molecule has 34 heavy (non-hydrogen) atoms. The van der Waals surface area contributed by atoms with Gasteiger partial charge in [-0.15, -0.1) is 0 Å². The van der Waals surface area contributed by atoms with Gasteiger partial charge in [-0.25, -0.2) is 0 Å². The van der Waals surface area contributed by atoms with Crippen LogP contribution in [0.25, 0.3) is 0 Å².